The van der Waals surface area contributed by atoms with Gasteiger partial charge in [-0.25, -0.2) is 4.98 Å². The average molecular weight is 286 g/mol. The molecule has 1 aromatic carbocycles. The summed E-state index contributed by atoms with van der Waals surface area (Å²) in [7, 11) is 0. The molecule has 104 valence electrons. The predicted octanol–water partition coefficient (Wildman–Crippen LogP) is 4.03. The highest BCUT2D eigenvalue weighted by atomic mass is 32.1. The van der Waals surface area contributed by atoms with Gasteiger partial charge in [0.25, 0.3) is 0 Å². The first kappa shape index (κ1) is 13.3. The van der Waals surface area contributed by atoms with E-state index in [9.17, 15) is 4.79 Å². The van der Waals surface area contributed by atoms with E-state index in [2.05, 4.69) is 41.5 Å². The quantitative estimate of drug-likeness (QED) is 0.922. The van der Waals surface area contributed by atoms with E-state index in [0.717, 1.165) is 35.4 Å². The minimum absolute atomic E-state index is 0.117. The Morgan fingerprint density at radius 1 is 1.35 bits per heavy atom. The molecule has 4 heteroatoms. The maximum Gasteiger partial charge on any atom is 0.229 e. The van der Waals surface area contributed by atoms with Gasteiger partial charge < -0.3 is 5.32 Å². The molecule has 0 bridgehead atoms. The maximum absolute atomic E-state index is 11.8. The van der Waals surface area contributed by atoms with Gasteiger partial charge in [-0.3, -0.25) is 4.79 Å². The van der Waals surface area contributed by atoms with Crippen molar-refractivity contribution in [1.29, 1.82) is 0 Å². The van der Waals surface area contributed by atoms with Crippen molar-refractivity contribution in [1.82, 2.24) is 4.98 Å². The monoisotopic (exact) mass is 286 g/mol. The molecule has 1 heterocycles. The number of nitrogens with zero attached hydrogens (tertiary/aromatic N) is 1. The molecule has 1 amide bonds. The SMILES string of the molecule is CCc1ccc(-c2nc(NC(=O)C3CC3)sc2C)cc1. The van der Waals surface area contributed by atoms with E-state index in [1.54, 1.807) is 11.3 Å². The summed E-state index contributed by atoms with van der Waals surface area (Å²) in [6.45, 7) is 4.20. The van der Waals surface area contributed by atoms with E-state index in [1.807, 2.05) is 6.92 Å². The number of aromatic nitrogens is 1. The molecule has 0 unspecified atom stereocenters. The number of hydrogen-bond donors (Lipinski definition) is 1. The standard InChI is InChI=1S/C16H18N2OS/c1-3-11-4-6-12(7-5-11)14-10(2)20-16(17-14)18-15(19)13-8-9-13/h4-7,13H,3,8-9H2,1-2H3,(H,17,18,19). The number of carbonyl (C=O) groups is 1. The summed E-state index contributed by atoms with van der Waals surface area (Å²) >= 11 is 1.55. The Morgan fingerprint density at radius 3 is 2.65 bits per heavy atom. The van der Waals surface area contributed by atoms with Gasteiger partial charge in [0.2, 0.25) is 5.91 Å². The molecule has 0 radical (unpaired) electrons. The second kappa shape index (κ2) is 5.37. The van der Waals surface area contributed by atoms with E-state index in [-0.39, 0.29) is 11.8 Å². The fourth-order valence-electron chi connectivity index (χ4n) is 2.17. The van der Waals surface area contributed by atoms with Crippen LogP contribution in [0.5, 0.6) is 0 Å². The van der Waals surface area contributed by atoms with Crippen molar-refractivity contribution >= 4 is 22.4 Å². The Balaban J connectivity index is 1.81. The number of aryl methyl sites for hydroxylation is 2. The molecule has 20 heavy (non-hydrogen) atoms. The summed E-state index contributed by atoms with van der Waals surface area (Å²) < 4.78 is 0. The van der Waals surface area contributed by atoms with Crippen molar-refractivity contribution in [2.75, 3.05) is 5.32 Å². The number of benzene rings is 1. The number of thiazole rings is 1. The molecule has 1 aliphatic carbocycles. The Labute approximate surface area is 123 Å². The lowest BCUT2D eigenvalue weighted by molar-refractivity contribution is -0.117. The largest absolute Gasteiger partial charge is 0.302 e. The van der Waals surface area contributed by atoms with Crippen LogP contribution < -0.4 is 5.32 Å². The predicted molar refractivity (Wildman–Crippen MR) is 83.0 cm³/mol. The zero-order chi connectivity index (χ0) is 14.1. The lowest BCUT2D eigenvalue weighted by atomic mass is 10.1. The highest BCUT2D eigenvalue weighted by molar-refractivity contribution is 7.16. The lowest BCUT2D eigenvalue weighted by Gasteiger charge is -2.01. The van der Waals surface area contributed by atoms with E-state index >= 15 is 0 Å². The fraction of sp³-hybridized carbons (Fsp3) is 0.375. The zero-order valence-corrected chi connectivity index (χ0v) is 12.6. The van der Waals surface area contributed by atoms with Crippen LogP contribution in [0.4, 0.5) is 5.13 Å². The molecule has 1 aliphatic rings. The molecule has 1 fully saturated rings. The third-order valence-corrected chi connectivity index (χ3v) is 4.50. The van der Waals surface area contributed by atoms with Crippen molar-refractivity contribution in [2.24, 2.45) is 5.92 Å². The Hall–Kier alpha value is -1.68. The van der Waals surface area contributed by atoms with E-state index in [0.29, 0.717) is 5.13 Å². The Kier molecular flexibility index (Phi) is 3.57. The van der Waals surface area contributed by atoms with Gasteiger partial charge in [-0.2, -0.15) is 0 Å². The molecule has 2 aromatic rings. The van der Waals surface area contributed by atoms with Gasteiger partial charge in [-0.05, 0) is 31.7 Å². The number of anilines is 1. The van der Waals surface area contributed by atoms with Gasteiger partial charge in [0.15, 0.2) is 5.13 Å². The molecule has 0 atom stereocenters. The zero-order valence-electron chi connectivity index (χ0n) is 11.8. The van der Waals surface area contributed by atoms with Crippen molar-refractivity contribution in [3.8, 4) is 11.3 Å². The molecular formula is C16H18N2OS. The summed E-state index contributed by atoms with van der Waals surface area (Å²) in [6, 6.07) is 8.48. The minimum atomic E-state index is 0.117. The smallest absolute Gasteiger partial charge is 0.229 e. The van der Waals surface area contributed by atoms with Gasteiger partial charge >= 0.3 is 0 Å². The Bertz CT molecular complexity index is 626. The van der Waals surface area contributed by atoms with E-state index in [1.165, 1.54) is 5.56 Å². The minimum Gasteiger partial charge on any atom is -0.302 e. The van der Waals surface area contributed by atoms with Crippen LogP contribution in [0.3, 0.4) is 0 Å². The van der Waals surface area contributed by atoms with Crippen LogP contribution in [0.25, 0.3) is 11.3 Å². The molecule has 0 spiro atoms. The molecule has 0 saturated heterocycles. The summed E-state index contributed by atoms with van der Waals surface area (Å²) in [5.74, 6) is 0.332. The first-order valence-electron chi connectivity index (χ1n) is 7.05. The number of nitrogens with one attached hydrogen (secondary N) is 1. The first-order chi connectivity index (χ1) is 9.67. The van der Waals surface area contributed by atoms with E-state index < -0.39 is 0 Å². The lowest BCUT2D eigenvalue weighted by Crippen LogP contribution is -2.12. The van der Waals surface area contributed by atoms with Crippen LogP contribution in [0.1, 0.15) is 30.2 Å². The normalized spacial score (nSPS) is 14.3. The molecular weight excluding hydrogens is 268 g/mol. The van der Waals surface area contributed by atoms with Gasteiger partial charge in [0.05, 0.1) is 5.69 Å². The van der Waals surface area contributed by atoms with Crippen LogP contribution in [0, 0.1) is 12.8 Å². The number of carbonyl (C=O) groups excluding carboxylic acids is 1. The summed E-state index contributed by atoms with van der Waals surface area (Å²) in [6.07, 6.45) is 3.07. The molecule has 1 saturated carbocycles. The highest BCUT2D eigenvalue weighted by Crippen LogP contribution is 2.33. The van der Waals surface area contributed by atoms with Crippen LogP contribution in [-0.4, -0.2) is 10.9 Å². The second-order valence-electron chi connectivity index (χ2n) is 5.24. The van der Waals surface area contributed by atoms with Crippen LogP contribution in [0.2, 0.25) is 0 Å². The number of rotatable bonds is 4. The molecule has 3 nitrogen and oxygen atoms in total. The fourth-order valence-corrected chi connectivity index (χ4v) is 3.01. The molecule has 0 aliphatic heterocycles. The van der Waals surface area contributed by atoms with Crippen LogP contribution >= 0.6 is 11.3 Å². The average Bonchev–Trinajstić information content (AvgIpc) is 3.24. The van der Waals surface area contributed by atoms with Crippen molar-refractivity contribution < 1.29 is 4.79 Å². The highest BCUT2D eigenvalue weighted by Gasteiger charge is 2.30. The first-order valence-corrected chi connectivity index (χ1v) is 7.86. The van der Waals surface area contributed by atoms with E-state index in [4.69, 9.17) is 0 Å². The number of amides is 1. The van der Waals surface area contributed by atoms with Gasteiger partial charge in [0.1, 0.15) is 0 Å². The van der Waals surface area contributed by atoms with Crippen LogP contribution in [-0.2, 0) is 11.2 Å². The van der Waals surface area contributed by atoms with Gasteiger partial charge in [-0.15, -0.1) is 11.3 Å². The van der Waals surface area contributed by atoms with Crippen molar-refractivity contribution in [2.45, 2.75) is 33.1 Å². The summed E-state index contributed by atoms with van der Waals surface area (Å²) in [4.78, 5) is 17.5. The Morgan fingerprint density at radius 2 is 2.05 bits per heavy atom. The summed E-state index contributed by atoms with van der Waals surface area (Å²) in [5, 5.41) is 3.64. The van der Waals surface area contributed by atoms with Gasteiger partial charge in [-0.1, -0.05) is 31.2 Å². The maximum atomic E-state index is 11.8. The topological polar surface area (TPSA) is 42.0 Å². The summed E-state index contributed by atoms with van der Waals surface area (Å²) in [5.41, 5.74) is 3.41. The third kappa shape index (κ3) is 2.75. The third-order valence-electron chi connectivity index (χ3n) is 3.61. The number of hydrogen-bond acceptors (Lipinski definition) is 3. The molecule has 1 aromatic heterocycles. The molecule has 1 N–H and O–H groups in total. The second-order valence-corrected chi connectivity index (χ2v) is 6.44. The van der Waals surface area contributed by atoms with Crippen molar-refractivity contribution in [3.63, 3.8) is 0 Å². The molecule has 3 rings (SSSR count). The van der Waals surface area contributed by atoms with Gasteiger partial charge in [0, 0.05) is 16.4 Å². The van der Waals surface area contributed by atoms with Crippen LogP contribution in [0.15, 0.2) is 24.3 Å². The van der Waals surface area contributed by atoms with Crippen molar-refractivity contribution in [3.05, 3.63) is 34.7 Å².